The van der Waals surface area contributed by atoms with Crippen molar-refractivity contribution in [3.63, 3.8) is 0 Å². The lowest BCUT2D eigenvalue weighted by Crippen LogP contribution is -1.83. The summed E-state index contributed by atoms with van der Waals surface area (Å²) in [6.07, 6.45) is 0. The van der Waals surface area contributed by atoms with E-state index < -0.39 is 0 Å². The molecule has 0 aliphatic heterocycles. The standard InChI is InChI=1S/C14H10BrN3/c15-12-8-4-7-11(9-12)14-13(16-18-17-14)10-5-2-1-3-6-10/h1-9H,(H,16,17,18). The number of aromatic nitrogens is 3. The van der Waals surface area contributed by atoms with E-state index in [0.29, 0.717) is 0 Å². The molecule has 0 fully saturated rings. The Labute approximate surface area is 113 Å². The average Bonchev–Trinajstić information content (AvgIpc) is 2.89. The molecule has 4 heteroatoms. The minimum absolute atomic E-state index is 0.863. The van der Waals surface area contributed by atoms with Gasteiger partial charge >= 0.3 is 0 Å². The minimum Gasteiger partial charge on any atom is -0.197 e. The number of rotatable bonds is 2. The third-order valence-electron chi connectivity index (χ3n) is 2.69. The van der Waals surface area contributed by atoms with Gasteiger partial charge in [0.15, 0.2) is 0 Å². The zero-order valence-electron chi connectivity index (χ0n) is 9.47. The third-order valence-corrected chi connectivity index (χ3v) is 3.19. The minimum atomic E-state index is 0.863. The molecule has 0 radical (unpaired) electrons. The zero-order valence-corrected chi connectivity index (χ0v) is 11.1. The Bertz CT molecular complexity index is 662. The van der Waals surface area contributed by atoms with Crippen LogP contribution in [0.3, 0.4) is 0 Å². The number of H-pyrrole nitrogens is 1. The van der Waals surface area contributed by atoms with Crippen molar-refractivity contribution < 1.29 is 0 Å². The van der Waals surface area contributed by atoms with E-state index in [-0.39, 0.29) is 0 Å². The van der Waals surface area contributed by atoms with E-state index in [4.69, 9.17) is 0 Å². The summed E-state index contributed by atoms with van der Waals surface area (Å²) in [5.74, 6) is 0. The Morgan fingerprint density at radius 2 is 1.44 bits per heavy atom. The summed E-state index contributed by atoms with van der Waals surface area (Å²) in [4.78, 5) is 0. The van der Waals surface area contributed by atoms with E-state index >= 15 is 0 Å². The predicted octanol–water partition coefficient (Wildman–Crippen LogP) is 3.90. The molecule has 0 bridgehead atoms. The Morgan fingerprint density at radius 1 is 0.778 bits per heavy atom. The SMILES string of the molecule is Brc1cccc(-c2n[nH]nc2-c2ccccc2)c1. The summed E-state index contributed by atoms with van der Waals surface area (Å²) in [6.45, 7) is 0. The van der Waals surface area contributed by atoms with Gasteiger partial charge in [0.25, 0.3) is 0 Å². The van der Waals surface area contributed by atoms with Gasteiger partial charge in [-0.25, -0.2) is 0 Å². The highest BCUT2D eigenvalue weighted by molar-refractivity contribution is 9.10. The Hall–Kier alpha value is -1.94. The first-order chi connectivity index (χ1) is 8.84. The zero-order chi connectivity index (χ0) is 12.4. The molecular weight excluding hydrogens is 290 g/mol. The van der Waals surface area contributed by atoms with Crippen LogP contribution in [0.2, 0.25) is 0 Å². The van der Waals surface area contributed by atoms with E-state index in [1.165, 1.54) is 0 Å². The van der Waals surface area contributed by atoms with E-state index in [0.717, 1.165) is 27.0 Å². The highest BCUT2D eigenvalue weighted by Crippen LogP contribution is 2.29. The van der Waals surface area contributed by atoms with Gasteiger partial charge in [0.05, 0.1) is 0 Å². The first kappa shape index (κ1) is 11.2. The van der Waals surface area contributed by atoms with Crippen molar-refractivity contribution in [2.24, 2.45) is 0 Å². The lowest BCUT2D eigenvalue weighted by molar-refractivity contribution is 0.944. The van der Waals surface area contributed by atoms with Gasteiger partial charge in [-0.3, -0.25) is 0 Å². The van der Waals surface area contributed by atoms with Crippen molar-refractivity contribution in [2.75, 3.05) is 0 Å². The summed E-state index contributed by atoms with van der Waals surface area (Å²) >= 11 is 3.47. The number of nitrogens with zero attached hydrogens (tertiary/aromatic N) is 2. The molecule has 3 aromatic rings. The van der Waals surface area contributed by atoms with Gasteiger partial charge in [-0.15, -0.1) is 0 Å². The van der Waals surface area contributed by atoms with Gasteiger partial charge in [0.1, 0.15) is 11.4 Å². The number of aromatic amines is 1. The van der Waals surface area contributed by atoms with Crippen LogP contribution < -0.4 is 0 Å². The van der Waals surface area contributed by atoms with E-state index in [9.17, 15) is 0 Å². The summed E-state index contributed by atoms with van der Waals surface area (Å²) < 4.78 is 1.03. The molecule has 3 nitrogen and oxygen atoms in total. The molecule has 0 amide bonds. The molecule has 1 N–H and O–H groups in total. The summed E-state index contributed by atoms with van der Waals surface area (Å²) in [6, 6.07) is 18.1. The number of benzene rings is 2. The molecule has 0 atom stereocenters. The van der Waals surface area contributed by atoms with Gasteiger partial charge in [-0.05, 0) is 12.1 Å². The number of nitrogens with one attached hydrogen (secondary N) is 1. The fraction of sp³-hybridized carbons (Fsp3) is 0. The molecule has 3 rings (SSSR count). The van der Waals surface area contributed by atoms with Crippen LogP contribution in [0.5, 0.6) is 0 Å². The van der Waals surface area contributed by atoms with E-state index in [2.05, 4.69) is 31.3 Å². The fourth-order valence-electron chi connectivity index (χ4n) is 1.87. The molecule has 0 aliphatic rings. The number of hydrogen-bond donors (Lipinski definition) is 1. The second kappa shape index (κ2) is 4.74. The third kappa shape index (κ3) is 2.07. The Balaban J connectivity index is 2.13. The maximum atomic E-state index is 4.25. The predicted molar refractivity (Wildman–Crippen MR) is 75.0 cm³/mol. The molecule has 0 unspecified atom stereocenters. The van der Waals surface area contributed by atoms with Crippen molar-refractivity contribution in [1.29, 1.82) is 0 Å². The smallest absolute Gasteiger partial charge is 0.120 e. The monoisotopic (exact) mass is 299 g/mol. The molecule has 0 aliphatic carbocycles. The van der Waals surface area contributed by atoms with Crippen LogP contribution in [-0.2, 0) is 0 Å². The quantitative estimate of drug-likeness (QED) is 0.780. The second-order valence-corrected chi connectivity index (χ2v) is 4.81. The molecule has 1 aromatic heterocycles. The maximum Gasteiger partial charge on any atom is 0.120 e. The van der Waals surface area contributed by atoms with Gasteiger partial charge in [0.2, 0.25) is 0 Å². The van der Waals surface area contributed by atoms with Gasteiger partial charge in [-0.1, -0.05) is 58.4 Å². The summed E-state index contributed by atoms with van der Waals surface area (Å²) in [5, 5.41) is 11.2. The first-order valence-corrected chi connectivity index (χ1v) is 6.36. The highest BCUT2D eigenvalue weighted by Gasteiger charge is 2.11. The largest absolute Gasteiger partial charge is 0.197 e. The van der Waals surface area contributed by atoms with Gasteiger partial charge in [0, 0.05) is 15.6 Å². The lowest BCUT2D eigenvalue weighted by Gasteiger charge is -2.01. The highest BCUT2D eigenvalue weighted by atomic mass is 79.9. The average molecular weight is 300 g/mol. The molecule has 1 heterocycles. The van der Waals surface area contributed by atoms with Crippen molar-refractivity contribution >= 4 is 15.9 Å². The van der Waals surface area contributed by atoms with E-state index in [1.807, 2.05) is 54.6 Å². The van der Waals surface area contributed by atoms with Gasteiger partial charge < -0.3 is 0 Å². The van der Waals surface area contributed by atoms with E-state index in [1.54, 1.807) is 0 Å². The van der Waals surface area contributed by atoms with Crippen molar-refractivity contribution in [2.45, 2.75) is 0 Å². The van der Waals surface area contributed by atoms with Crippen LogP contribution in [0.25, 0.3) is 22.5 Å². The molecule has 18 heavy (non-hydrogen) atoms. The molecular formula is C14H10BrN3. The first-order valence-electron chi connectivity index (χ1n) is 5.57. The fourth-order valence-corrected chi connectivity index (χ4v) is 2.26. The van der Waals surface area contributed by atoms with Gasteiger partial charge in [-0.2, -0.15) is 15.4 Å². The molecule has 2 aromatic carbocycles. The number of halogens is 1. The Morgan fingerprint density at radius 3 is 2.17 bits per heavy atom. The van der Waals surface area contributed by atoms with Crippen molar-refractivity contribution in [1.82, 2.24) is 15.4 Å². The van der Waals surface area contributed by atoms with Crippen LogP contribution in [0, 0.1) is 0 Å². The van der Waals surface area contributed by atoms with Crippen LogP contribution in [0.4, 0.5) is 0 Å². The lowest BCUT2D eigenvalue weighted by atomic mass is 10.1. The summed E-state index contributed by atoms with van der Waals surface area (Å²) in [5.41, 5.74) is 3.83. The summed E-state index contributed by atoms with van der Waals surface area (Å²) in [7, 11) is 0. The molecule has 88 valence electrons. The Kier molecular flexibility index (Phi) is 2.94. The normalized spacial score (nSPS) is 10.5. The molecule has 0 saturated carbocycles. The van der Waals surface area contributed by atoms with Crippen molar-refractivity contribution in [3.8, 4) is 22.5 Å². The van der Waals surface area contributed by atoms with Crippen molar-refractivity contribution in [3.05, 3.63) is 59.1 Å². The maximum absolute atomic E-state index is 4.25. The number of hydrogen-bond acceptors (Lipinski definition) is 2. The second-order valence-electron chi connectivity index (χ2n) is 3.90. The van der Waals surface area contributed by atoms with Crippen LogP contribution in [0.1, 0.15) is 0 Å². The van der Waals surface area contributed by atoms with Crippen LogP contribution >= 0.6 is 15.9 Å². The molecule has 0 spiro atoms. The van der Waals surface area contributed by atoms with Crippen LogP contribution in [-0.4, -0.2) is 15.4 Å². The topological polar surface area (TPSA) is 41.6 Å². The van der Waals surface area contributed by atoms with Crippen LogP contribution in [0.15, 0.2) is 59.1 Å². The molecule has 0 saturated heterocycles.